The summed E-state index contributed by atoms with van der Waals surface area (Å²) in [5.74, 6) is 0.516. The van der Waals surface area contributed by atoms with E-state index in [9.17, 15) is 0 Å². The molecule has 1 aromatic rings. The van der Waals surface area contributed by atoms with Crippen molar-refractivity contribution in [2.24, 2.45) is 15.7 Å². The zero-order chi connectivity index (χ0) is 13.8. The summed E-state index contributed by atoms with van der Waals surface area (Å²) in [5.41, 5.74) is 7.69. The fourth-order valence-electron chi connectivity index (χ4n) is 1.59. The fraction of sp³-hybridized carbons (Fsp3) is 0.533. The molecule has 0 bridgehead atoms. The molecule has 3 nitrogen and oxygen atoms in total. The Morgan fingerprint density at radius 1 is 1.22 bits per heavy atom. The third-order valence-corrected chi connectivity index (χ3v) is 2.85. The smallest absolute Gasteiger partial charge is 0.105 e. The normalized spacial score (nSPS) is 13.1. The number of nitrogens with zero attached hydrogens (tertiary/aromatic N) is 2. The topological polar surface area (TPSA) is 50.7 Å². The van der Waals surface area contributed by atoms with Gasteiger partial charge in [0.1, 0.15) is 6.17 Å². The van der Waals surface area contributed by atoms with Crippen LogP contribution in [0, 0.1) is 0 Å². The van der Waals surface area contributed by atoms with Crippen molar-refractivity contribution in [2.45, 2.75) is 52.2 Å². The predicted octanol–water partition coefficient (Wildman–Crippen LogP) is 3.52. The van der Waals surface area contributed by atoms with E-state index in [0.717, 1.165) is 0 Å². The number of aliphatic imine (C=N–C) groups is 2. The van der Waals surface area contributed by atoms with E-state index in [2.05, 4.69) is 68.0 Å². The third kappa shape index (κ3) is 4.10. The standard InChI is InChI=1S/C15H23N3/c1-11(2)13-7-6-8-14(9-13)15(4,5)18-10-17-12(3)16/h6-9,11-12H,16H2,1-5H3. The van der Waals surface area contributed by atoms with Crippen LogP contribution in [0.1, 0.15) is 51.7 Å². The maximum absolute atomic E-state index is 5.54. The van der Waals surface area contributed by atoms with E-state index >= 15 is 0 Å². The van der Waals surface area contributed by atoms with E-state index in [1.54, 1.807) is 6.92 Å². The average molecular weight is 245 g/mol. The predicted molar refractivity (Wildman–Crippen MR) is 77.1 cm³/mol. The molecule has 0 aliphatic carbocycles. The molecule has 0 radical (unpaired) electrons. The monoisotopic (exact) mass is 245 g/mol. The van der Waals surface area contributed by atoms with Crippen LogP contribution >= 0.6 is 0 Å². The summed E-state index contributed by atoms with van der Waals surface area (Å²) in [7, 11) is 0. The van der Waals surface area contributed by atoms with E-state index in [0.29, 0.717) is 5.92 Å². The summed E-state index contributed by atoms with van der Waals surface area (Å²) in [4.78, 5) is 8.32. The lowest BCUT2D eigenvalue weighted by atomic mass is 9.91. The molecule has 18 heavy (non-hydrogen) atoms. The first-order chi connectivity index (χ1) is 8.33. The summed E-state index contributed by atoms with van der Waals surface area (Å²) in [5, 5.41) is 0. The summed E-state index contributed by atoms with van der Waals surface area (Å²) in [6.07, 6.45) is -0.258. The minimum atomic E-state index is -0.330. The molecule has 0 saturated heterocycles. The molecule has 0 aliphatic heterocycles. The molecular formula is C15H23N3. The quantitative estimate of drug-likeness (QED) is 0.811. The SMILES string of the molecule is CC(N)N=C=NC(C)(C)c1cccc(C(C)C)c1. The highest BCUT2D eigenvalue weighted by Gasteiger charge is 2.19. The first-order valence-electron chi connectivity index (χ1n) is 6.35. The van der Waals surface area contributed by atoms with Crippen molar-refractivity contribution < 1.29 is 0 Å². The van der Waals surface area contributed by atoms with Crippen LogP contribution in [0.15, 0.2) is 34.3 Å². The molecule has 0 aromatic heterocycles. The highest BCUT2D eigenvalue weighted by atomic mass is 15.0. The Labute approximate surface area is 110 Å². The van der Waals surface area contributed by atoms with E-state index in [-0.39, 0.29) is 11.7 Å². The van der Waals surface area contributed by atoms with Crippen LogP contribution in [0.25, 0.3) is 0 Å². The van der Waals surface area contributed by atoms with Gasteiger partial charge < -0.3 is 5.73 Å². The Bertz CT molecular complexity index is 453. The number of rotatable bonds is 4. The Balaban J connectivity index is 3.04. The molecule has 1 aromatic carbocycles. The van der Waals surface area contributed by atoms with Crippen molar-refractivity contribution in [1.29, 1.82) is 0 Å². The number of nitrogens with two attached hydrogens (primary N) is 1. The first-order valence-corrected chi connectivity index (χ1v) is 6.35. The van der Waals surface area contributed by atoms with E-state index < -0.39 is 0 Å². The van der Waals surface area contributed by atoms with Gasteiger partial charge in [-0.15, -0.1) is 0 Å². The van der Waals surface area contributed by atoms with Crippen LogP contribution in [-0.4, -0.2) is 12.2 Å². The van der Waals surface area contributed by atoms with Crippen LogP contribution in [0.4, 0.5) is 0 Å². The van der Waals surface area contributed by atoms with Gasteiger partial charge in [-0.2, -0.15) is 0 Å². The highest BCUT2D eigenvalue weighted by molar-refractivity contribution is 5.44. The molecule has 1 rings (SSSR count). The maximum Gasteiger partial charge on any atom is 0.105 e. The van der Waals surface area contributed by atoms with E-state index in [1.807, 2.05) is 0 Å². The highest BCUT2D eigenvalue weighted by Crippen LogP contribution is 2.27. The lowest BCUT2D eigenvalue weighted by molar-refractivity contribution is 0.559. The summed E-state index contributed by atoms with van der Waals surface area (Å²) >= 11 is 0. The maximum atomic E-state index is 5.54. The van der Waals surface area contributed by atoms with Gasteiger partial charge in [0.15, 0.2) is 0 Å². The molecule has 0 saturated carbocycles. The number of hydrogen-bond donors (Lipinski definition) is 1. The number of hydrogen-bond acceptors (Lipinski definition) is 3. The largest absolute Gasteiger partial charge is 0.309 e. The number of benzene rings is 1. The second-order valence-electron chi connectivity index (χ2n) is 5.42. The van der Waals surface area contributed by atoms with Crippen LogP contribution in [0.2, 0.25) is 0 Å². The molecule has 0 fully saturated rings. The Hall–Kier alpha value is -1.44. The molecule has 1 unspecified atom stereocenters. The average Bonchev–Trinajstić information content (AvgIpc) is 2.28. The van der Waals surface area contributed by atoms with Gasteiger partial charge >= 0.3 is 0 Å². The molecule has 0 aliphatic rings. The van der Waals surface area contributed by atoms with Crippen molar-refractivity contribution in [3.63, 3.8) is 0 Å². The zero-order valence-corrected chi connectivity index (χ0v) is 11.9. The molecule has 3 heteroatoms. The minimum Gasteiger partial charge on any atom is -0.309 e. The van der Waals surface area contributed by atoms with Gasteiger partial charge in [0.25, 0.3) is 0 Å². The molecular weight excluding hydrogens is 222 g/mol. The van der Waals surface area contributed by atoms with Gasteiger partial charge in [-0.1, -0.05) is 38.1 Å². The second-order valence-corrected chi connectivity index (χ2v) is 5.42. The summed E-state index contributed by atoms with van der Waals surface area (Å²) in [6, 6.07) is 11.2. The molecule has 1 atom stereocenters. The molecule has 0 amide bonds. The summed E-state index contributed by atoms with van der Waals surface area (Å²) in [6.45, 7) is 10.3. The lowest BCUT2D eigenvalue weighted by Crippen LogP contribution is -2.15. The molecule has 98 valence electrons. The third-order valence-electron chi connectivity index (χ3n) is 2.85. The van der Waals surface area contributed by atoms with E-state index in [1.165, 1.54) is 11.1 Å². The van der Waals surface area contributed by atoms with Crippen molar-refractivity contribution in [2.75, 3.05) is 0 Å². The minimum absolute atomic E-state index is 0.258. The van der Waals surface area contributed by atoms with Crippen LogP contribution in [-0.2, 0) is 5.54 Å². The van der Waals surface area contributed by atoms with Gasteiger partial charge in [-0.05, 0) is 37.8 Å². The lowest BCUT2D eigenvalue weighted by Gasteiger charge is -2.20. The van der Waals surface area contributed by atoms with Gasteiger partial charge in [0, 0.05) is 0 Å². The fourth-order valence-corrected chi connectivity index (χ4v) is 1.59. The van der Waals surface area contributed by atoms with Gasteiger partial charge in [0.05, 0.1) is 11.5 Å². The van der Waals surface area contributed by atoms with Crippen molar-refractivity contribution in [1.82, 2.24) is 0 Å². The molecule has 0 spiro atoms. The van der Waals surface area contributed by atoms with Crippen molar-refractivity contribution in [3.8, 4) is 0 Å². The van der Waals surface area contributed by atoms with Crippen molar-refractivity contribution in [3.05, 3.63) is 35.4 Å². The molecule has 2 N–H and O–H groups in total. The van der Waals surface area contributed by atoms with Crippen LogP contribution in [0.5, 0.6) is 0 Å². The summed E-state index contributed by atoms with van der Waals surface area (Å²) < 4.78 is 0. The van der Waals surface area contributed by atoms with Gasteiger partial charge in [0.2, 0.25) is 0 Å². The Morgan fingerprint density at radius 2 is 1.89 bits per heavy atom. The first kappa shape index (κ1) is 14.6. The zero-order valence-electron chi connectivity index (χ0n) is 11.9. The second kappa shape index (κ2) is 5.94. The Kier molecular flexibility index (Phi) is 4.83. The van der Waals surface area contributed by atoms with Crippen LogP contribution < -0.4 is 5.73 Å². The van der Waals surface area contributed by atoms with Gasteiger partial charge in [-0.25, -0.2) is 9.98 Å². The van der Waals surface area contributed by atoms with Gasteiger partial charge in [-0.3, -0.25) is 0 Å². The molecule has 0 heterocycles. The van der Waals surface area contributed by atoms with E-state index in [4.69, 9.17) is 5.73 Å². The van der Waals surface area contributed by atoms with Crippen LogP contribution in [0.3, 0.4) is 0 Å². The van der Waals surface area contributed by atoms with Crippen molar-refractivity contribution >= 4 is 6.01 Å². The Morgan fingerprint density at radius 3 is 2.44 bits per heavy atom.